The van der Waals surface area contributed by atoms with Crippen molar-refractivity contribution in [3.05, 3.63) is 17.5 Å². The van der Waals surface area contributed by atoms with E-state index in [1.165, 1.54) is 11.3 Å². The first kappa shape index (κ1) is 15.0. The highest BCUT2D eigenvalue weighted by atomic mass is 32.2. The highest BCUT2D eigenvalue weighted by Gasteiger charge is 2.25. The van der Waals surface area contributed by atoms with Crippen LogP contribution in [0.4, 0.5) is 0 Å². The Labute approximate surface area is 119 Å². The predicted octanol–water partition coefficient (Wildman–Crippen LogP) is 2.34. The second-order valence-corrected chi connectivity index (χ2v) is 7.94. The molecule has 6 heteroatoms. The zero-order chi connectivity index (χ0) is 13.7. The van der Waals surface area contributed by atoms with E-state index < -0.39 is 10.0 Å². The fourth-order valence-electron chi connectivity index (χ4n) is 2.46. The summed E-state index contributed by atoms with van der Waals surface area (Å²) in [5, 5.41) is 5.30. The summed E-state index contributed by atoms with van der Waals surface area (Å²) in [5.41, 5.74) is 0. The summed E-state index contributed by atoms with van der Waals surface area (Å²) in [4.78, 5) is 0. The van der Waals surface area contributed by atoms with Crippen LogP contribution in [-0.2, 0) is 10.0 Å². The molecule has 0 amide bonds. The van der Waals surface area contributed by atoms with Gasteiger partial charge < -0.3 is 5.32 Å². The van der Waals surface area contributed by atoms with Crippen LogP contribution in [0, 0.1) is 0 Å². The molecule has 2 N–H and O–H groups in total. The van der Waals surface area contributed by atoms with E-state index in [1.54, 1.807) is 17.5 Å². The molecule has 1 fully saturated rings. The van der Waals surface area contributed by atoms with Crippen molar-refractivity contribution in [2.75, 3.05) is 6.54 Å². The number of nitrogens with one attached hydrogen (secondary N) is 2. The van der Waals surface area contributed by atoms with Crippen molar-refractivity contribution in [1.82, 2.24) is 10.0 Å². The van der Waals surface area contributed by atoms with Crippen LogP contribution in [0.25, 0.3) is 0 Å². The molecule has 2 rings (SSSR count). The molecule has 19 heavy (non-hydrogen) atoms. The average Bonchev–Trinajstić information content (AvgIpc) is 2.92. The molecule has 0 atom stereocenters. The maximum atomic E-state index is 12.1. The number of hydrogen-bond donors (Lipinski definition) is 2. The monoisotopic (exact) mass is 302 g/mol. The van der Waals surface area contributed by atoms with Gasteiger partial charge in [0, 0.05) is 12.1 Å². The first-order valence-corrected chi connectivity index (χ1v) is 9.27. The van der Waals surface area contributed by atoms with Crippen molar-refractivity contribution in [3.8, 4) is 0 Å². The average molecular weight is 302 g/mol. The zero-order valence-corrected chi connectivity index (χ0v) is 12.9. The first-order chi connectivity index (χ1) is 9.12. The van der Waals surface area contributed by atoms with E-state index >= 15 is 0 Å². The molecule has 0 radical (unpaired) electrons. The van der Waals surface area contributed by atoms with Gasteiger partial charge >= 0.3 is 0 Å². The molecule has 1 heterocycles. The lowest BCUT2D eigenvalue weighted by atomic mass is 9.92. The van der Waals surface area contributed by atoms with Crippen LogP contribution >= 0.6 is 11.3 Å². The van der Waals surface area contributed by atoms with E-state index in [0.717, 1.165) is 38.6 Å². The fraction of sp³-hybridized carbons (Fsp3) is 0.692. The lowest BCUT2D eigenvalue weighted by molar-refractivity contribution is 0.330. The normalized spacial score (nSPS) is 24.5. The number of sulfonamides is 1. The summed E-state index contributed by atoms with van der Waals surface area (Å²) in [5.74, 6) is 0. The van der Waals surface area contributed by atoms with Gasteiger partial charge in [0.1, 0.15) is 4.21 Å². The van der Waals surface area contributed by atoms with Gasteiger partial charge in [0.15, 0.2) is 0 Å². The van der Waals surface area contributed by atoms with Gasteiger partial charge in [-0.25, -0.2) is 13.1 Å². The molecule has 0 spiro atoms. The van der Waals surface area contributed by atoms with Crippen molar-refractivity contribution in [2.24, 2.45) is 0 Å². The SMILES string of the molecule is CCCNC1CCC(NS(=O)(=O)c2cccs2)CC1. The molecule has 0 bridgehead atoms. The summed E-state index contributed by atoms with van der Waals surface area (Å²) in [6, 6.07) is 4.07. The fourth-order valence-corrected chi connectivity index (χ4v) is 4.77. The molecule has 0 saturated heterocycles. The second-order valence-electron chi connectivity index (χ2n) is 5.06. The van der Waals surface area contributed by atoms with Gasteiger partial charge in [-0.15, -0.1) is 11.3 Å². The summed E-state index contributed by atoms with van der Waals surface area (Å²) in [6.07, 6.45) is 5.10. The number of hydrogen-bond acceptors (Lipinski definition) is 4. The molecule has 1 aromatic rings. The molecule has 108 valence electrons. The zero-order valence-electron chi connectivity index (χ0n) is 11.3. The van der Waals surface area contributed by atoms with E-state index in [-0.39, 0.29) is 6.04 Å². The van der Waals surface area contributed by atoms with Crippen molar-refractivity contribution in [2.45, 2.75) is 55.3 Å². The van der Waals surface area contributed by atoms with E-state index in [4.69, 9.17) is 0 Å². The van der Waals surface area contributed by atoms with E-state index in [9.17, 15) is 8.42 Å². The summed E-state index contributed by atoms with van der Waals surface area (Å²) in [6.45, 7) is 3.21. The second kappa shape index (κ2) is 6.83. The van der Waals surface area contributed by atoms with Crippen LogP contribution in [0.1, 0.15) is 39.0 Å². The Morgan fingerprint density at radius 3 is 2.53 bits per heavy atom. The summed E-state index contributed by atoms with van der Waals surface area (Å²) >= 11 is 1.27. The van der Waals surface area contributed by atoms with Crippen LogP contribution in [0.15, 0.2) is 21.7 Å². The van der Waals surface area contributed by atoms with Crippen LogP contribution in [-0.4, -0.2) is 27.0 Å². The highest BCUT2D eigenvalue weighted by molar-refractivity contribution is 7.91. The third-order valence-corrected chi connectivity index (χ3v) is 6.41. The Balaban J connectivity index is 1.83. The van der Waals surface area contributed by atoms with E-state index in [2.05, 4.69) is 17.0 Å². The molecule has 1 aliphatic carbocycles. The minimum Gasteiger partial charge on any atom is -0.314 e. The van der Waals surface area contributed by atoms with E-state index in [0.29, 0.717) is 10.3 Å². The number of rotatable bonds is 6. The molecule has 1 aromatic heterocycles. The quantitative estimate of drug-likeness (QED) is 0.848. The van der Waals surface area contributed by atoms with Crippen molar-refractivity contribution in [3.63, 3.8) is 0 Å². The van der Waals surface area contributed by atoms with Gasteiger partial charge in [-0.3, -0.25) is 0 Å². The third kappa shape index (κ3) is 4.27. The van der Waals surface area contributed by atoms with Gasteiger partial charge in [-0.1, -0.05) is 13.0 Å². The maximum absolute atomic E-state index is 12.1. The summed E-state index contributed by atoms with van der Waals surface area (Å²) < 4.78 is 27.4. The van der Waals surface area contributed by atoms with Crippen molar-refractivity contribution in [1.29, 1.82) is 0 Å². The number of thiophene rings is 1. The molecule has 0 aliphatic heterocycles. The smallest absolute Gasteiger partial charge is 0.250 e. The Kier molecular flexibility index (Phi) is 5.38. The topological polar surface area (TPSA) is 58.2 Å². The van der Waals surface area contributed by atoms with Crippen LogP contribution < -0.4 is 10.0 Å². The van der Waals surface area contributed by atoms with E-state index in [1.807, 2.05) is 0 Å². The van der Waals surface area contributed by atoms with Gasteiger partial charge in [0.2, 0.25) is 10.0 Å². The standard InChI is InChI=1S/C13H22N2O2S2/c1-2-9-14-11-5-7-12(8-6-11)15-19(16,17)13-4-3-10-18-13/h3-4,10-12,14-15H,2,5-9H2,1H3. The lowest BCUT2D eigenvalue weighted by Crippen LogP contribution is -2.42. The third-order valence-electron chi connectivity index (χ3n) is 3.49. The van der Waals surface area contributed by atoms with Gasteiger partial charge in [0.05, 0.1) is 0 Å². The van der Waals surface area contributed by atoms with Gasteiger partial charge in [-0.05, 0) is 50.1 Å². The molecule has 0 aromatic carbocycles. The van der Waals surface area contributed by atoms with Gasteiger partial charge in [-0.2, -0.15) is 0 Å². The Bertz CT molecular complexity index is 463. The Morgan fingerprint density at radius 2 is 1.95 bits per heavy atom. The molecule has 1 saturated carbocycles. The first-order valence-electron chi connectivity index (χ1n) is 6.91. The molecule has 4 nitrogen and oxygen atoms in total. The van der Waals surface area contributed by atoms with Crippen LogP contribution in [0.5, 0.6) is 0 Å². The largest absolute Gasteiger partial charge is 0.314 e. The Hall–Kier alpha value is -0.430. The van der Waals surface area contributed by atoms with Crippen molar-refractivity contribution >= 4 is 21.4 Å². The molecular weight excluding hydrogens is 280 g/mol. The van der Waals surface area contributed by atoms with Crippen molar-refractivity contribution < 1.29 is 8.42 Å². The molecular formula is C13H22N2O2S2. The molecule has 0 unspecified atom stereocenters. The maximum Gasteiger partial charge on any atom is 0.250 e. The van der Waals surface area contributed by atoms with Crippen LogP contribution in [0.2, 0.25) is 0 Å². The highest BCUT2D eigenvalue weighted by Crippen LogP contribution is 2.22. The van der Waals surface area contributed by atoms with Crippen LogP contribution in [0.3, 0.4) is 0 Å². The van der Waals surface area contributed by atoms with Gasteiger partial charge in [0.25, 0.3) is 0 Å². The lowest BCUT2D eigenvalue weighted by Gasteiger charge is -2.29. The molecule has 1 aliphatic rings. The minimum absolute atomic E-state index is 0.0896. The summed E-state index contributed by atoms with van der Waals surface area (Å²) in [7, 11) is -3.30. The minimum atomic E-state index is -3.30. The predicted molar refractivity (Wildman–Crippen MR) is 79.0 cm³/mol. The Morgan fingerprint density at radius 1 is 1.26 bits per heavy atom.